The summed E-state index contributed by atoms with van der Waals surface area (Å²) in [7, 11) is 0. The number of aromatic hydroxyl groups is 1. The Bertz CT molecular complexity index is 567. The molecule has 7 heteroatoms. The minimum Gasteiger partial charge on any atom is -0.508 e. The van der Waals surface area contributed by atoms with Gasteiger partial charge in [0.2, 0.25) is 0 Å². The van der Waals surface area contributed by atoms with E-state index in [1.807, 2.05) is 0 Å². The summed E-state index contributed by atoms with van der Waals surface area (Å²) in [6.45, 7) is 0.739. The topological polar surface area (TPSA) is 75.8 Å². The largest absolute Gasteiger partial charge is 0.508 e. The van der Waals surface area contributed by atoms with Crippen LogP contribution in [0.4, 0.5) is 4.79 Å². The van der Waals surface area contributed by atoms with Crippen molar-refractivity contribution in [2.75, 3.05) is 13.1 Å². The average molecular weight is 317 g/mol. The Morgan fingerprint density at radius 2 is 2.20 bits per heavy atom. The molecule has 0 saturated carbocycles. The molecule has 3 N–H and O–H groups in total. The van der Waals surface area contributed by atoms with Crippen LogP contribution in [0.15, 0.2) is 12.1 Å². The number of rotatable bonds is 2. The van der Waals surface area contributed by atoms with E-state index >= 15 is 0 Å². The number of nitrogens with zero attached hydrogens (tertiary/aromatic N) is 1. The van der Waals surface area contributed by atoms with Crippen molar-refractivity contribution in [1.82, 2.24) is 4.90 Å². The van der Waals surface area contributed by atoms with Crippen LogP contribution in [0.1, 0.15) is 17.9 Å². The smallest absolute Gasteiger partial charge is 0.410 e. The molecular formula is C13H14Cl2N2O3. The Morgan fingerprint density at radius 3 is 2.90 bits per heavy atom. The Hall–Kier alpha value is -1.17. The van der Waals surface area contributed by atoms with E-state index in [9.17, 15) is 9.90 Å². The van der Waals surface area contributed by atoms with Crippen molar-refractivity contribution in [3.05, 3.63) is 27.7 Å². The highest BCUT2D eigenvalue weighted by atomic mass is 35.5. The van der Waals surface area contributed by atoms with Gasteiger partial charge in [0.15, 0.2) is 0 Å². The van der Waals surface area contributed by atoms with Crippen LogP contribution in [0.5, 0.6) is 5.75 Å². The van der Waals surface area contributed by atoms with E-state index in [1.54, 1.807) is 11.0 Å². The van der Waals surface area contributed by atoms with Crippen LogP contribution in [0, 0.1) is 0 Å². The molecule has 0 bridgehead atoms. The summed E-state index contributed by atoms with van der Waals surface area (Å²) in [4.78, 5) is 13.4. The zero-order valence-corrected chi connectivity index (χ0v) is 12.1. The van der Waals surface area contributed by atoms with Crippen molar-refractivity contribution < 1.29 is 14.6 Å². The maximum Gasteiger partial charge on any atom is 0.410 e. The van der Waals surface area contributed by atoms with Gasteiger partial charge in [0, 0.05) is 24.6 Å². The number of hydrogen-bond acceptors (Lipinski definition) is 4. The lowest BCUT2D eigenvalue weighted by molar-refractivity contribution is 0.128. The van der Waals surface area contributed by atoms with Gasteiger partial charge in [-0.2, -0.15) is 0 Å². The molecule has 108 valence electrons. The second-order valence-corrected chi connectivity index (χ2v) is 5.89. The van der Waals surface area contributed by atoms with Crippen molar-refractivity contribution in [3.63, 3.8) is 0 Å². The Morgan fingerprint density at radius 1 is 1.45 bits per heavy atom. The number of halogens is 2. The first kappa shape index (κ1) is 13.8. The molecule has 20 heavy (non-hydrogen) atoms. The van der Waals surface area contributed by atoms with Crippen molar-refractivity contribution in [1.29, 1.82) is 0 Å². The van der Waals surface area contributed by atoms with Gasteiger partial charge in [-0.15, -0.1) is 0 Å². The summed E-state index contributed by atoms with van der Waals surface area (Å²) in [6.07, 6.45) is -0.000454. The summed E-state index contributed by atoms with van der Waals surface area (Å²) in [5, 5.41) is 10.8. The number of phenols is 1. The Balaban J connectivity index is 1.92. The van der Waals surface area contributed by atoms with E-state index in [2.05, 4.69) is 0 Å². The summed E-state index contributed by atoms with van der Waals surface area (Å²) < 4.78 is 5.19. The summed E-state index contributed by atoms with van der Waals surface area (Å²) >= 11 is 12.2. The number of nitrogens with two attached hydrogens (primary N) is 1. The zero-order chi connectivity index (χ0) is 14.4. The van der Waals surface area contributed by atoms with Crippen molar-refractivity contribution >= 4 is 29.3 Å². The maximum absolute atomic E-state index is 11.8. The molecule has 1 aromatic rings. The number of cyclic esters (lactones) is 1. The molecule has 1 unspecified atom stereocenters. The number of carbonyl (C=O) groups is 1. The molecule has 3 atom stereocenters. The van der Waals surface area contributed by atoms with Gasteiger partial charge < -0.3 is 20.5 Å². The Labute approximate surface area is 126 Å². The van der Waals surface area contributed by atoms with E-state index in [0.29, 0.717) is 28.6 Å². The van der Waals surface area contributed by atoms with Crippen molar-refractivity contribution in [2.45, 2.75) is 24.5 Å². The summed E-state index contributed by atoms with van der Waals surface area (Å²) in [6, 6.07) is 3.01. The third-order valence-corrected chi connectivity index (χ3v) is 4.83. The van der Waals surface area contributed by atoms with Gasteiger partial charge in [0.1, 0.15) is 11.9 Å². The van der Waals surface area contributed by atoms with Crippen molar-refractivity contribution in [3.8, 4) is 5.75 Å². The van der Waals surface area contributed by atoms with Gasteiger partial charge in [-0.25, -0.2) is 4.79 Å². The standard InChI is InChI=1S/C13H14Cl2N2O3/c14-7-1-2-9(18)11(12(7)15)6-3-8-10(4-16)20-13(19)17(8)5-6/h1-2,6,8,10,18H,3-5,16H2/t6-,8-,10?/m0/s1. The van der Waals surface area contributed by atoms with E-state index in [0.717, 1.165) is 0 Å². The van der Waals surface area contributed by atoms with Gasteiger partial charge in [0.05, 0.1) is 16.1 Å². The molecule has 0 aliphatic carbocycles. The molecular weight excluding hydrogens is 303 g/mol. The van der Waals surface area contributed by atoms with E-state index < -0.39 is 0 Å². The third-order valence-electron chi connectivity index (χ3n) is 4.01. The van der Waals surface area contributed by atoms with Crippen LogP contribution >= 0.6 is 23.2 Å². The first-order valence-electron chi connectivity index (χ1n) is 6.37. The number of hydrogen-bond donors (Lipinski definition) is 2. The highest BCUT2D eigenvalue weighted by Gasteiger charge is 2.48. The van der Waals surface area contributed by atoms with Crippen LogP contribution in [-0.4, -0.2) is 41.3 Å². The van der Waals surface area contributed by atoms with Gasteiger partial charge in [-0.3, -0.25) is 0 Å². The number of ether oxygens (including phenoxy) is 1. The van der Waals surface area contributed by atoms with Crippen LogP contribution < -0.4 is 5.73 Å². The fraction of sp³-hybridized carbons (Fsp3) is 0.462. The summed E-state index contributed by atoms with van der Waals surface area (Å²) in [5.41, 5.74) is 6.21. The van der Waals surface area contributed by atoms with E-state index in [-0.39, 0.29) is 36.5 Å². The van der Waals surface area contributed by atoms with Crippen LogP contribution in [0.2, 0.25) is 10.0 Å². The van der Waals surface area contributed by atoms with Crippen LogP contribution in [-0.2, 0) is 4.74 Å². The maximum atomic E-state index is 11.8. The first-order chi connectivity index (χ1) is 9.52. The number of phenolic OH excluding ortho intramolecular Hbond substituents is 1. The molecule has 1 amide bonds. The number of benzene rings is 1. The normalized spacial score (nSPS) is 28.6. The first-order valence-corrected chi connectivity index (χ1v) is 7.12. The zero-order valence-electron chi connectivity index (χ0n) is 10.6. The van der Waals surface area contributed by atoms with Crippen LogP contribution in [0.25, 0.3) is 0 Å². The lowest BCUT2D eigenvalue weighted by Crippen LogP contribution is -2.34. The van der Waals surface area contributed by atoms with Gasteiger partial charge in [0.25, 0.3) is 0 Å². The Kier molecular flexibility index (Phi) is 3.44. The van der Waals surface area contributed by atoms with Gasteiger partial charge in [-0.05, 0) is 18.6 Å². The average Bonchev–Trinajstić information content (AvgIpc) is 2.96. The highest BCUT2D eigenvalue weighted by Crippen LogP contribution is 2.45. The molecule has 2 heterocycles. The fourth-order valence-corrected chi connectivity index (χ4v) is 3.54. The van der Waals surface area contributed by atoms with Gasteiger partial charge >= 0.3 is 6.09 Å². The lowest BCUT2D eigenvalue weighted by Gasteiger charge is -2.16. The second kappa shape index (κ2) is 4.98. The monoisotopic (exact) mass is 316 g/mol. The molecule has 2 aliphatic rings. The molecule has 0 spiro atoms. The second-order valence-electron chi connectivity index (χ2n) is 5.10. The third kappa shape index (κ3) is 2.01. The molecule has 0 radical (unpaired) electrons. The summed E-state index contributed by atoms with van der Waals surface area (Å²) in [5.74, 6) is 0.0383. The highest BCUT2D eigenvalue weighted by molar-refractivity contribution is 6.42. The predicted octanol–water partition coefficient (Wildman–Crippen LogP) is 2.33. The minimum atomic E-state index is -0.356. The minimum absolute atomic E-state index is 0.0619. The van der Waals surface area contributed by atoms with E-state index in [1.165, 1.54) is 6.07 Å². The van der Waals surface area contributed by atoms with E-state index in [4.69, 9.17) is 33.7 Å². The molecule has 3 rings (SSSR count). The quantitative estimate of drug-likeness (QED) is 0.878. The fourth-order valence-electron chi connectivity index (χ4n) is 3.06. The molecule has 1 aromatic carbocycles. The molecule has 2 fully saturated rings. The molecule has 0 aromatic heterocycles. The number of carbonyl (C=O) groups excluding carboxylic acids is 1. The molecule has 2 saturated heterocycles. The lowest BCUT2D eigenvalue weighted by atomic mass is 9.94. The number of amides is 1. The molecule has 5 nitrogen and oxygen atoms in total. The molecule has 2 aliphatic heterocycles. The SMILES string of the molecule is NCC1OC(=O)N2C[C@@H](c3c(O)ccc(Cl)c3Cl)C[C@@H]12. The number of fused-ring (bicyclic) bond motifs is 1. The predicted molar refractivity (Wildman–Crippen MR) is 75.3 cm³/mol. The van der Waals surface area contributed by atoms with Crippen molar-refractivity contribution in [2.24, 2.45) is 5.73 Å². The van der Waals surface area contributed by atoms with Gasteiger partial charge in [-0.1, -0.05) is 23.2 Å². The van der Waals surface area contributed by atoms with Crippen LogP contribution in [0.3, 0.4) is 0 Å².